The molecule has 11 heavy (non-hydrogen) atoms. The average molecular weight is 157 g/mol. The first kappa shape index (κ1) is 10.3. The molecule has 0 aromatic carbocycles. The Kier molecular flexibility index (Phi) is 6.94. The van der Waals surface area contributed by atoms with Crippen molar-refractivity contribution >= 4 is 6.08 Å². The number of hydrogen-bond acceptors (Lipinski definition) is 4. The zero-order valence-electron chi connectivity index (χ0n) is 7.05. The van der Waals surface area contributed by atoms with E-state index in [1.165, 1.54) is 0 Å². The predicted molar refractivity (Wildman–Crippen MR) is 44.4 cm³/mol. The molecule has 0 aromatic heterocycles. The summed E-state index contributed by atoms with van der Waals surface area (Å²) in [5.41, 5.74) is 0. The van der Waals surface area contributed by atoms with Crippen LogP contribution >= 0.6 is 0 Å². The first-order valence-electron chi connectivity index (χ1n) is 3.71. The van der Waals surface area contributed by atoms with Crippen LogP contribution < -0.4 is 10.6 Å². The summed E-state index contributed by atoms with van der Waals surface area (Å²) >= 11 is 0. The van der Waals surface area contributed by atoms with Gasteiger partial charge in [0.15, 0.2) is 0 Å². The van der Waals surface area contributed by atoms with E-state index in [0.717, 1.165) is 19.5 Å². The van der Waals surface area contributed by atoms with Crippen molar-refractivity contribution in [2.24, 2.45) is 4.99 Å². The molecule has 1 unspecified atom stereocenters. The molecule has 0 radical (unpaired) electrons. The Bertz CT molecular complexity index is 132. The molecule has 0 fully saturated rings. The molecule has 0 amide bonds. The first-order chi connectivity index (χ1) is 5.35. The molecule has 4 heteroatoms. The molecule has 2 N–H and O–H groups in total. The minimum absolute atomic E-state index is 0.0601. The highest BCUT2D eigenvalue weighted by Crippen LogP contribution is 1.93. The molecule has 0 aliphatic carbocycles. The van der Waals surface area contributed by atoms with Gasteiger partial charge in [0, 0.05) is 6.54 Å². The fourth-order valence-corrected chi connectivity index (χ4v) is 0.833. The molecule has 1 atom stereocenters. The summed E-state index contributed by atoms with van der Waals surface area (Å²) in [6, 6.07) is 0.0601. The van der Waals surface area contributed by atoms with Crippen LogP contribution in [-0.4, -0.2) is 39.3 Å². The number of nitrogens with one attached hydrogen (secondary N) is 2. The molecule has 0 saturated heterocycles. The van der Waals surface area contributed by atoms with Gasteiger partial charge in [-0.05, 0) is 27.1 Å². The van der Waals surface area contributed by atoms with Gasteiger partial charge in [0.05, 0.1) is 6.04 Å². The van der Waals surface area contributed by atoms with Gasteiger partial charge < -0.3 is 10.6 Å². The summed E-state index contributed by atoms with van der Waals surface area (Å²) in [5, 5.41) is 5.96. The van der Waals surface area contributed by atoms with Crippen molar-refractivity contribution < 1.29 is 4.79 Å². The highest BCUT2D eigenvalue weighted by Gasteiger charge is 2.03. The first-order valence-corrected chi connectivity index (χ1v) is 3.71. The van der Waals surface area contributed by atoms with E-state index in [0.29, 0.717) is 0 Å². The van der Waals surface area contributed by atoms with E-state index >= 15 is 0 Å². The van der Waals surface area contributed by atoms with E-state index in [4.69, 9.17) is 0 Å². The zero-order valence-corrected chi connectivity index (χ0v) is 7.05. The van der Waals surface area contributed by atoms with E-state index in [-0.39, 0.29) is 6.04 Å². The number of aliphatic imine (C=N–C) groups is 1. The number of hydrogen-bond donors (Lipinski definition) is 2. The Morgan fingerprint density at radius 1 is 1.45 bits per heavy atom. The summed E-state index contributed by atoms with van der Waals surface area (Å²) in [4.78, 5) is 13.6. The zero-order chi connectivity index (χ0) is 8.53. The largest absolute Gasteiger partial charge is 0.320 e. The lowest BCUT2D eigenvalue weighted by molar-refractivity contribution is 0.533. The van der Waals surface area contributed by atoms with Gasteiger partial charge in [-0.3, -0.25) is 0 Å². The molecular weight excluding hydrogens is 142 g/mol. The third-order valence-electron chi connectivity index (χ3n) is 1.40. The van der Waals surface area contributed by atoms with Crippen molar-refractivity contribution in [2.45, 2.75) is 12.5 Å². The molecule has 0 heterocycles. The number of isocyanates is 1. The molecule has 0 bridgehead atoms. The van der Waals surface area contributed by atoms with Gasteiger partial charge in [-0.25, -0.2) is 9.79 Å². The normalized spacial score (nSPS) is 12.2. The van der Waals surface area contributed by atoms with Crippen LogP contribution in [0.25, 0.3) is 0 Å². The smallest absolute Gasteiger partial charge is 0.235 e. The highest BCUT2D eigenvalue weighted by atomic mass is 16.1. The molecule has 0 spiro atoms. The molecule has 0 aliphatic rings. The van der Waals surface area contributed by atoms with Crippen LogP contribution in [0.15, 0.2) is 4.99 Å². The molecule has 0 rings (SSSR count). The van der Waals surface area contributed by atoms with Gasteiger partial charge >= 0.3 is 0 Å². The van der Waals surface area contributed by atoms with Crippen LogP contribution in [0.3, 0.4) is 0 Å². The Labute approximate surface area is 67.1 Å². The minimum atomic E-state index is 0.0601. The predicted octanol–water partition coefficient (Wildman–Crippen LogP) is -0.480. The second-order valence-corrected chi connectivity index (χ2v) is 2.32. The summed E-state index contributed by atoms with van der Waals surface area (Å²) in [6.07, 6.45) is 2.44. The van der Waals surface area contributed by atoms with Crippen LogP contribution in [0.4, 0.5) is 0 Å². The topological polar surface area (TPSA) is 53.5 Å². The van der Waals surface area contributed by atoms with Crippen molar-refractivity contribution in [2.75, 3.05) is 27.2 Å². The van der Waals surface area contributed by atoms with Gasteiger partial charge in [0.25, 0.3) is 0 Å². The van der Waals surface area contributed by atoms with Crippen LogP contribution in [0.1, 0.15) is 6.42 Å². The number of rotatable bonds is 6. The third kappa shape index (κ3) is 5.73. The van der Waals surface area contributed by atoms with Crippen LogP contribution in [0.5, 0.6) is 0 Å². The lowest BCUT2D eigenvalue weighted by atomic mass is 10.2. The second kappa shape index (κ2) is 7.41. The molecule has 0 aliphatic heterocycles. The Morgan fingerprint density at radius 3 is 2.64 bits per heavy atom. The maximum absolute atomic E-state index is 9.91. The Morgan fingerprint density at radius 2 is 2.18 bits per heavy atom. The van der Waals surface area contributed by atoms with E-state index < -0.39 is 0 Å². The van der Waals surface area contributed by atoms with Crippen LogP contribution in [0.2, 0.25) is 0 Å². The van der Waals surface area contributed by atoms with Gasteiger partial charge in [-0.1, -0.05) is 0 Å². The van der Waals surface area contributed by atoms with Gasteiger partial charge in [-0.2, -0.15) is 0 Å². The molecule has 64 valence electrons. The molecule has 4 nitrogen and oxygen atoms in total. The van der Waals surface area contributed by atoms with Crippen molar-refractivity contribution in [1.29, 1.82) is 0 Å². The van der Waals surface area contributed by atoms with Gasteiger partial charge in [0.1, 0.15) is 0 Å². The van der Waals surface area contributed by atoms with Crippen LogP contribution in [-0.2, 0) is 4.79 Å². The Balaban J connectivity index is 3.59. The van der Waals surface area contributed by atoms with Crippen molar-refractivity contribution in [3.05, 3.63) is 0 Å². The summed E-state index contributed by atoms with van der Waals surface area (Å²) in [6.45, 7) is 1.61. The standard InChI is InChI=1S/C7H15N3O/c1-8-4-3-7(5-9-2)10-6-11/h7-9H,3-5H2,1-2H3. The van der Waals surface area contributed by atoms with Gasteiger partial charge in [0.2, 0.25) is 6.08 Å². The Hall–Kier alpha value is -0.700. The van der Waals surface area contributed by atoms with Crippen molar-refractivity contribution in [3.8, 4) is 0 Å². The molecule has 0 aromatic rings. The summed E-state index contributed by atoms with van der Waals surface area (Å²) < 4.78 is 0. The number of likely N-dealkylation sites (N-methyl/N-ethyl adjacent to an activating group) is 1. The van der Waals surface area contributed by atoms with Gasteiger partial charge in [-0.15, -0.1) is 0 Å². The lowest BCUT2D eigenvalue weighted by Crippen LogP contribution is -2.25. The second-order valence-electron chi connectivity index (χ2n) is 2.32. The van der Waals surface area contributed by atoms with Crippen LogP contribution in [0, 0.1) is 0 Å². The molecule has 0 saturated carbocycles. The maximum atomic E-state index is 9.91. The third-order valence-corrected chi connectivity index (χ3v) is 1.40. The lowest BCUT2D eigenvalue weighted by Gasteiger charge is -2.08. The molecular formula is C7H15N3O. The number of carbonyl (C=O) groups excluding carboxylic acids is 1. The summed E-state index contributed by atoms with van der Waals surface area (Å²) in [7, 11) is 3.72. The van der Waals surface area contributed by atoms with E-state index in [1.54, 1.807) is 6.08 Å². The SMILES string of the molecule is CNCCC(CNC)N=C=O. The fourth-order valence-electron chi connectivity index (χ4n) is 0.833. The van der Waals surface area contributed by atoms with Crippen molar-refractivity contribution in [3.63, 3.8) is 0 Å². The highest BCUT2D eigenvalue weighted by molar-refractivity contribution is 5.33. The number of nitrogens with zero attached hydrogens (tertiary/aromatic N) is 1. The monoisotopic (exact) mass is 157 g/mol. The van der Waals surface area contributed by atoms with Crippen molar-refractivity contribution in [1.82, 2.24) is 10.6 Å². The van der Waals surface area contributed by atoms with E-state index in [1.807, 2.05) is 14.1 Å². The van der Waals surface area contributed by atoms with E-state index in [9.17, 15) is 4.79 Å². The maximum Gasteiger partial charge on any atom is 0.235 e. The summed E-state index contributed by atoms with van der Waals surface area (Å²) in [5.74, 6) is 0. The quantitative estimate of drug-likeness (QED) is 0.404. The fraction of sp³-hybridized carbons (Fsp3) is 0.857. The minimum Gasteiger partial charge on any atom is -0.320 e. The average Bonchev–Trinajstić information content (AvgIpc) is 2.01. The van der Waals surface area contributed by atoms with E-state index in [2.05, 4.69) is 15.6 Å².